The molecule has 1 amide bonds. The second kappa shape index (κ2) is 9.44. The molecule has 7 nitrogen and oxygen atoms in total. The maximum atomic E-state index is 12.1. The van der Waals surface area contributed by atoms with Crippen LogP contribution in [0.5, 0.6) is 0 Å². The predicted octanol–water partition coefficient (Wildman–Crippen LogP) is 1.21. The summed E-state index contributed by atoms with van der Waals surface area (Å²) in [6.07, 6.45) is 0.571. The van der Waals surface area contributed by atoms with E-state index < -0.39 is 4.92 Å². The van der Waals surface area contributed by atoms with Crippen LogP contribution >= 0.6 is 12.4 Å². The van der Waals surface area contributed by atoms with Crippen molar-refractivity contribution in [1.29, 1.82) is 0 Å². The molecule has 0 radical (unpaired) electrons. The minimum absolute atomic E-state index is 0. The van der Waals surface area contributed by atoms with Crippen molar-refractivity contribution in [3.8, 4) is 0 Å². The highest BCUT2D eigenvalue weighted by Gasteiger charge is 2.16. The van der Waals surface area contributed by atoms with E-state index in [0.717, 1.165) is 32.7 Å². The normalized spacial score (nSPS) is 14.8. The van der Waals surface area contributed by atoms with Crippen LogP contribution in [0, 0.1) is 10.1 Å². The van der Waals surface area contributed by atoms with Crippen LogP contribution in [0.25, 0.3) is 0 Å². The zero-order valence-electron chi connectivity index (χ0n) is 13.2. The number of piperazine rings is 1. The van der Waals surface area contributed by atoms with E-state index in [1.165, 1.54) is 6.07 Å². The van der Waals surface area contributed by atoms with Crippen molar-refractivity contribution < 1.29 is 9.72 Å². The summed E-state index contributed by atoms with van der Waals surface area (Å²) in [6, 6.07) is 4.66. The number of aryl methyl sites for hydroxylation is 1. The predicted molar refractivity (Wildman–Crippen MR) is 91.4 cm³/mol. The van der Waals surface area contributed by atoms with E-state index in [4.69, 9.17) is 0 Å². The Morgan fingerprint density at radius 1 is 1.39 bits per heavy atom. The van der Waals surface area contributed by atoms with Crippen molar-refractivity contribution in [3.63, 3.8) is 0 Å². The van der Waals surface area contributed by atoms with E-state index in [-0.39, 0.29) is 24.0 Å². The Bertz CT molecular complexity index is 548. The Kier molecular flexibility index (Phi) is 7.94. The summed E-state index contributed by atoms with van der Waals surface area (Å²) >= 11 is 0. The van der Waals surface area contributed by atoms with E-state index in [0.29, 0.717) is 24.1 Å². The van der Waals surface area contributed by atoms with Crippen molar-refractivity contribution >= 4 is 24.0 Å². The summed E-state index contributed by atoms with van der Waals surface area (Å²) in [6.45, 7) is 7.09. The highest BCUT2D eigenvalue weighted by Crippen LogP contribution is 2.20. The van der Waals surface area contributed by atoms with Gasteiger partial charge in [-0.3, -0.25) is 19.8 Å². The van der Waals surface area contributed by atoms with Crippen LogP contribution < -0.4 is 10.6 Å². The van der Waals surface area contributed by atoms with Gasteiger partial charge in [-0.2, -0.15) is 0 Å². The fraction of sp³-hybridized carbons (Fsp3) is 0.533. The quantitative estimate of drug-likeness (QED) is 0.599. The van der Waals surface area contributed by atoms with Gasteiger partial charge in [-0.25, -0.2) is 0 Å². The van der Waals surface area contributed by atoms with Crippen molar-refractivity contribution in [2.24, 2.45) is 0 Å². The van der Waals surface area contributed by atoms with Gasteiger partial charge in [0.15, 0.2) is 0 Å². The third-order valence-electron chi connectivity index (χ3n) is 3.85. The van der Waals surface area contributed by atoms with E-state index >= 15 is 0 Å². The monoisotopic (exact) mass is 342 g/mol. The van der Waals surface area contributed by atoms with Crippen molar-refractivity contribution in [2.75, 3.05) is 39.3 Å². The largest absolute Gasteiger partial charge is 0.351 e. The van der Waals surface area contributed by atoms with Crippen LogP contribution in [0.1, 0.15) is 22.8 Å². The van der Waals surface area contributed by atoms with E-state index in [2.05, 4.69) is 15.5 Å². The highest BCUT2D eigenvalue weighted by atomic mass is 35.5. The Morgan fingerprint density at radius 2 is 2.09 bits per heavy atom. The first-order valence-electron chi connectivity index (χ1n) is 7.60. The van der Waals surface area contributed by atoms with E-state index in [9.17, 15) is 14.9 Å². The fourth-order valence-electron chi connectivity index (χ4n) is 2.54. The first-order valence-corrected chi connectivity index (χ1v) is 7.60. The van der Waals surface area contributed by atoms with Crippen molar-refractivity contribution in [3.05, 3.63) is 39.4 Å². The van der Waals surface area contributed by atoms with Gasteiger partial charge in [0, 0.05) is 56.5 Å². The summed E-state index contributed by atoms with van der Waals surface area (Å²) in [5.74, 6) is -0.263. The first kappa shape index (κ1) is 19.3. The summed E-state index contributed by atoms with van der Waals surface area (Å²) in [5, 5.41) is 17.1. The second-order valence-corrected chi connectivity index (χ2v) is 5.30. The molecule has 0 aliphatic carbocycles. The van der Waals surface area contributed by atoms with Crippen LogP contribution in [-0.4, -0.2) is 55.0 Å². The van der Waals surface area contributed by atoms with Gasteiger partial charge in [-0.1, -0.05) is 13.0 Å². The van der Waals surface area contributed by atoms with Gasteiger partial charge in [0.1, 0.15) is 0 Å². The minimum atomic E-state index is -0.434. The number of hydrogen-bond acceptors (Lipinski definition) is 5. The summed E-state index contributed by atoms with van der Waals surface area (Å²) in [4.78, 5) is 25.0. The number of rotatable bonds is 6. The van der Waals surface area contributed by atoms with Gasteiger partial charge in [0.25, 0.3) is 11.6 Å². The number of benzene rings is 1. The molecule has 1 aromatic rings. The number of carbonyl (C=O) groups excluding carboxylic acids is 1. The standard InChI is InChI=1S/C15H22N4O3.ClH/c1-2-12-3-4-13(11-14(12)19(21)22)15(20)17-7-10-18-8-5-16-6-9-18;/h3-4,11,16H,2,5-10H2,1H3,(H,17,20);1H. The molecule has 0 unspecified atom stereocenters. The zero-order valence-corrected chi connectivity index (χ0v) is 14.0. The van der Waals surface area contributed by atoms with Crippen LogP contribution in [0.3, 0.4) is 0 Å². The molecule has 1 aliphatic heterocycles. The molecule has 0 bridgehead atoms. The van der Waals surface area contributed by atoms with Gasteiger partial charge < -0.3 is 10.6 Å². The smallest absolute Gasteiger partial charge is 0.273 e. The molecule has 0 atom stereocenters. The van der Waals surface area contributed by atoms with Gasteiger partial charge >= 0.3 is 0 Å². The lowest BCUT2D eigenvalue weighted by atomic mass is 10.1. The van der Waals surface area contributed by atoms with Crippen molar-refractivity contribution in [1.82, 2.24) is 15.5 Å². The molecule has 2 rings (SSSR count). The Labute approximate surface area is 142 Å². The SMILES string of the molecule is CCc1ccc(C(=O)NCCN2CCNCC2)cc1[N+](=O)[O-].Cl. The average molecular weight is 343 g/mol. The average Bonchev–Trinajstić information content (AvgIpc) is 2.55. The number of nitro groups is 1. The van der Waals surface area contributed by atoms with Gasteiger partial charge in [0.05, 0.1) is 4.92 Å². The molecule has 2 N–H and O–H groups in total. The van der Waals surface area contributed by atoms with Crippen LogP contribution in [0.4, 0.5) is 5.69 Å². The molecule has 128 valence electrons. The second-order valence-electron chi connectivity index (χ2n) is 5.30. The Hall–Kier alpha value is -1.70. The maximum absolute atomic E-state index is 12.1. The number of nitrogens with one attached hydrogen (secondary N) is 2. The topological polar surface area (TPSA) is 87.5 Å². The summed E-state index contributed by atoms with van der Waals surface area (Å²) in [5.41, 5.74) is 0.990. The molecular weight excluding hydrogens is 320 g/mol. The van der Waals surface area contributed by atoms with Crippen LogP contribution in [-0.2, 0) is 6.42 Å². The maximum Gasteiger partial charge on any atom is 0.273 e. The fourth-order valence-corrected chi connectivity index (χ4v) is 2.54. The number of nitro benzene ring substituents is 1. The minimum Gasteiger partial charge on any atom is -0.351 e. The van der Waals surface area contributed by atoms with Crippen molar-refractivity contribution in [2.45, 2.75) is 13.3 Å². The lowest BCUT2D eigenvalue weighted by Gasteiger charge is -2.27. The van der Waals surface area contributed by atoms with E-state index in [1.54, 1.807) is 12.1 Å². The Balaban J connectivity index is 0.00000264. The molecule has 0 aromatic heterocycles. The molecule has 23 heavy (non-hydrogen) atoms. The molecule has 1 aromatic carbocycles. The number of halogens is 1. The molecule has 1 fully saturated rings. The summed E-state index contributed by atoms with van der Waals surface area (Å²) in [7, 11) is 0. The third kappa shape index (κ3) is 5.46. The number of carbonyl (C=O) groups is 1. The van der Waals surface area contributed by atoms with Gasteiger partial charge in [-0.05, 0) is 12.5 Å². The lowest BCUT2D eigenvalue weighted by Crippen LogP contribution is -2.46. The molecular formula is C15H23ClN4O3. The van der Waals surface area contributed by atoms with Gasteiger partial charge in [0.2, 0.25) is 0 Å². The van der Waals surface area contributed by atoms with Gasteiger partial charge in [-0.15, -0.1) is 12.4 Å². The molecule has 1 heterocycles. The molecule has 8 heteroatoms. The zero-order chi connectivity index (χ0) is 15.9. The number of hydrogen-bond donors (Lipinski definition) is 2. The number of nitrogens with zero attached hydrogens (tertiary/aromatic N) is 2. The molecule has 1 aliphatic rings. The summed E-state index contributed by atoms with van der Waals surface area (Å²) < 4.78 is 0. The molecule has 0 spiro atoms. The van der Waals surface area contributed by atoms with E-state index in [1.807, 2.05) is 6.92 Å². The van der Waals surface area contributed by atoms with Crippen LogP contribution in [0.2, 0.25) is 0 Å². The number of amides is 1. The molecule has 0 saturated carbocycles. The Morgan fingerprint density at radius 3 is 2.70 bits per heavy atom. The first-order chi connectivity index (χ1) is 10.6. The third-order valence-corrected chi connectivity index (χ3v) is 3.85. The lowest BCUT2D eigenvalue weighted by molar-refractivity contribution is -0.385. The highest BCUT2D eigenvalue weighted by molar-refractivity contribution is 5.95. The van der Waals surface area contributed by atoms with Crippen LogP contribution in [0.15, 0.2) is 18.2 Å². The molecule has 1 saturated heterocycles.